The Morgan fingerprint density at radius 1 is 1.53 bits per heavy atom. The molecule has 2 heterocycles. The highest BCUT2D eigenvalue weighted by molar-refractivity contribution is 7.99. The highest BCUT2D eigenvalue weighted by Gasteiger charge is 2.11. The van der Waals surface area contributed by atoms with Gasteiger partial charge in [0.1, 0.15) is 0 Å². The second-order valence-corrected chi connectivity index (χ2v) is 6.43. The summed E-state index contributed by atoms with van der Waals surface area (Å²) < 4.78 is 2.26. The van der Waals surface area contributed by atoms with Crippen molar-refractivity contribution in [2.45, 2.75) is 32.6 Å². The summed E-state index contributed by atoms with van der Waals surface area (Å²) in [6.45, 7) is 8.41. The van der Waals surface area contributed by atoms with Crippen LogP contribution in [0, 0.1) is 13.8 Å². The number of nitrogens with zero attached hydrogens (tertiary/aromatic N) is 2. The van der Waals surface area contributed by atoms with Crippen molar-refractivity contribution in [1.29, 1.82) is 0 Å². The van der Waals surface area contributed by atoms with Crippen molar-refractivity contribution in [3.63, 3.8) is 0 Å². The maximum absolute atomic E-state index is 4.59. The average Bonchev–Trinajstić information content (AvgIpc) is 2.80. The molecule has 2 aromatic rings. The summed E-state index contributed by atoms with van der Waals surface area (Å²) in [4.78, 5) is 5.69. The molecule has 1 unspecified atom stereocenters. The molecule has 0 aromatic carbocycles. The van der Waals surface area contributed by atoms with Crippen LogP contribution < -0.4 is 5.32 Å². The molecule has 94 valence electrons. The summed E-state index contributed by atoms with van der Waals surface area (Å²) in [5.74, 6) is 0. The molecule has 0 saturated heterocycles. The van der Waals surface area contributed by atoms with Crippen LogP contribution in [0.25, 0.3) is 4.96 Å². The van der Waals surface area contributed by atoms with Crippen LogP contribution in [0.4, 0.5) is 0 Å². The number of thiazole rings is 1. The first kappa shape index (κ1) is 12.9. The van der Waals surface area contributed by atoms with Crippen LogP contribution in [0.1, 0.15) is 24.0 Å². The van der Waals surface area contributed by atoms with Crippen molar-refractivity contribution in [2.24, 2.45) is 0 Å². The molecule has 1 atom stereocenters. The summed E-state index contributed by atoms with van der Waals surface area (Å²) in [6.07, 6.45) is 2.15. The van der Waals surface area contributed by atoms with Crippen LogP contribution in [-0.2, 0) is 6.54 Å². The zero-order chi connectivity index (χ0) is 12.4. The molecule has 1 N–H and O–H groups in total. The van der Waals surface area contributed by atoms with E-state index in [-0.39, 0.29) is 0 Å². The van der Waals surface area contributed by atoms with Crippen molar-refractivity contribution >= 4 is 28.1 Å². The topological polar surface area (TPSA) is 29.3 Å². The van der Waals surface area contributed by atoms with Gasteiger partial charge in [-0.2, -0.15) is 11.8 Å². The Bertz CT molecular complexity index is 501. The van der Waals surface area contributed by atoms with Gasteiger partial charge in [-0.1, -0.05) is 6.92 Å². The van der Waals surface area contributed by atoms with E-state index in [9.17, 15) is 0 Å². The lowest BCUT2D eigenvalue weighted by molar-refractivity contribution is 0.665. The number of imidazole rings is 1. The van der Waals surface area contributed by atoms with Crippen molar-refractivity contribution in [3.8, 4) is 0 Å². The Labute approximate surface area is 111 Å². The van der Waals surface area contributed by atoms with Crippen LogP contribution in [0.15, 0.2) is 5.38 Å². The molecule has 3 nitrogen and oxygen atoms in total. The van der Waals surface area contributed by atoms with Gasteiger partial charge in [0.05, 0.1) is 11.4 Å². The molecule has 0 aliphatic carbocycles. The zero-order valence-corrected chi connectivity index (χ0v) is 12.4. The first-order valence-electron chi connectivity index (χ1n) is 5.79. The standard InChI is InChI=1S/C12H19N3S2/c1-8-7-17-12-14-10(3)11(15(8)12)6-13-5-9(2)16-4/h7,9,13H,5-6H2,1-4H3. The van der Waals surface area contributed by atoms with Gasteiger partial charge in [-0.15, -0.1) is 11.3 Å². The maximum Gasteiger partial charge on any atom is 0.194 e. The van der Waals surface area contributed by atoms with E-state index >= 15 is 0 Å². The van der Waals surface area contributed by atoms with Crippen molar-refractivity contribution in [2.75, 3.05) is 12.8 Å². The molecule has 17 heavy (non-hydrogen) atoms. The van der Waals surface area contributed by atoms with Crippen LogP contribution in [-0.4, -0.2) is 27.4 Å². The quantitative estimate of drug-likeness (QED) is 0.905. The van der Waals surface area contributed by atoms with E-state index in [1.54, 1.807) is 11.3 Å². The first-order chi connectivity index (χ1) is 8.13. The second kappa shape index (κ2) is 5.42. The third kappa shape index (κ3) is 2.67. The van der Waals surface area contributed by atoms with Gasteiger partial charge < -0.3 is 5.32 Å². The van der Waals surface area contributed by atoms with Gasteiger partial charge in [0.15, 0.2) is 4.96 Å². The van der Waals surface area contributed by atoms with Gasteiger partial charge in [0, 0.05) is 29.4 Å². The van der Waals surface area contributed by atoms with Crippen LogP contribution in [0.3, 0.4) is 0 Å². The molecule has 0 amide bonds. The molecular weight excluding hydrogens is 250 g/mol. The third-order valence-corrected chi connectivity index (χ3v) is 4.87. The summed E-state index contributed by atoms with van der Waals surface area (Å²) in [5.41, 5.74) is 3.72. The number of fused-ring (bicyclic) bond motifs is 1. The lowest BCUT2D eigenvalue weighted by Crippen LogP contribution is -2.23. The highest BCUT2D eigenvalue weighted by Crippen LogP contribution is 2.20. The van der Waals surface area contributed by atoms with E-state index < -0.39 is 0 Å². The fourth-order valence-electron chi connectivity index (χ4n) is 1.85. The van der Waals surface area contributed by atoms with Crippen molar-refractivity contribution in [1.82, 2.24) is 14.7 Å². The number of aryl methyl sites for hydroxylation is 2. The van der Waals surface area contributed by atoms with Crippen LogP contribution >= 0.6 is 23.1 Å². The number of rotatable bonds is 5. The zero-order valence-electron chi connectivity index (χ0n) is 10.8. The minimum absolute atomic E-state index is 0.655. The summed E-state index contributed by atoms with van der Waals surface area (Å²) in [7, 11) is 0. The molecular formula is C12H19N3S2. The van der Waals surface area contributed by atoms with Crippen LogP contribution in [0.5, 0.6) is 0 Å². The predicted octanol–water partition coefficient (Wildman–Crippen LogP) is 2.85. The first-order valence-corrected chi connectivity index (χ1v) is 7.95. The van der Waals surface area contributed by atoms with E-state index in [1.165, 1.54) is 11.4 Å². The molecule has 0 bridgehead atoms. The number of hydrogen-bond acceptors (Lipinski definition) is 4. The normalized spacial score (nSPS) is 13.4. The van der Waals surface area contributed by atoms with Crippen molar-refractivity contribution < 1.29 is 0 Å². The van der Waals surface area contributed by atoms with E-state index in [2.05, 4.69) is 47.1 Å². The molecule has 0 fully saturated rings. The average molecular weight is 269 g/mol. The minimum Gasteiger partial charge on any atom is -0.310 e. The fourth-order valence-corrected chi connectivity index (χ4v) is 3.07. The van der Waals surface area contributed by atoms with Crippen LogP contribution in [0.2, 0.25) is 0 Å². The lowest BCUT2D eigenvalue weighted by atomic mass is 10.3. The Balaban J connectivity index is 2.12. The Morgan fingerprint density at radius 2 is 2.29 bits per heavy atom. The van der Waals surface area contributed by atoms with E-state index in [0.29, 0.717) is 5.25 Å². The Kier molecular flexibility index (Phi) is 4.12. The second-order valence-electron chi connectivity index (χ2n) is 4.32. The molecule has 0 aliphatic rings. The van der Waals surface area contributed by atoms with Gasteiger partial charge in [-0.05, 0) is 20.1 Å². The monoisotopic (exact) mass is 269 g/mol. The van der Waals surface area contributed by atoms with Gasteiger partial charge >= 0.3 is 0 Å². The fraction of sp³-hybridized carbons (Fsp3) is 0.583. The molecule has 0 radical (unpaired) electrons. The van der Waals surface area contributed by atoms with Crippen molar-refractivity contribution in [3.05, 3.63) is 22.5 Å². The van der Waals surface area contributed by atoms with Gasteiger partial charge in [0.2, 0.25) is 0 Å². The maximum atomic E-state index is 4.59. The van der Waals surface area contributed by atoms with E-state index in [1.807, 2.05) is 11.8 Å². The number of hydrogen-bond donors (Lipinski definition) is 1. The summed E-state index contributed by atoms with van der Waals surface area (Å²) in [6, 6.07) is 0. The highest BCUT2D eigenvalue weighted by atomic mass is 32.2. The minimum atomic E-state index is 0.655. The molecule has 0 spiro atoms. The van der Waals surface area contributed by atoms with E-state index in [4.69, 9.17) is 0 Å². The molecule has 2 aromatic heterocycles. The number of nitrogens with one attached hydrogen (secondary N) is 1. The third-order valence-electron chi connectivity index (χ3n) is 2.96. The van der Waals surface area contributed by atoms with Gasteiger partial charge in [0.25, 0.3) is 0 Å². The SMILES string of the molecule is CSC(C)CNCc1c(C)nc2scc(C)n12. The summed E-state index contributed by atoms with van der Waals surface area (Å²) in [5, 5.41) is 6.33. The molecule has 2 rings (SSSR count). The predicted molar refractivity (Wildman–Crippen MR) is 77.2 cm³/mol. The number of aromatic nitrogens is 2. The molecule has 0 aliphatic heterocycles. The smallest absolute Gasteiger partial charge is 0.194 e. The molecule has 5 heteroatoms. The number of thioether (sulfide) groups is 1. The summed E-state index contributed by atoms with van der Waals surface area (Å²) >= 11 is 3.60. The lowest BCUT2D eigenvalue weighted by Gasteiger charge is -2.10. The molecule has 0 saturated carbocycles. The van der Waals surface area contributed by atoms with Gasteiger partial charge in [-0.25, -0.2) is 4.98 Å². The van der Waals surface area contributed by atoms with E-state index in [0.717, 1.165) is 23.7 Å². The van der Waals surface area contributed by atoms with Gasteiger partial charge in [-0.3, -0.25) is 4.40 Å². The Morgan fingerprint density at radius 3 is 3.00 bits per heavy atom. The largest absolute Gasteiger partial charge is 0.310 e. The Hall–Kier alpha value is -0.520.